The predicted molar refractivity (Wildman–Crippen MR) is 106 cm³/mol. The van der Waals surface area contributed by atoms with Crippen LogP contribution in [-0.4, -0.2) is 39.0 Å². The van der Waals surface area contributed by atoms with Gasteiger partial charge in [-0.25, -0.2) is 9.29 Å². The van der Waals surface area contributed by atoms with Gasteiger partial charge in [0.1, 0.15) is 12.4 Å². The van der Waals surface area contributed by atoms with Crippen LogP contribution in [0.25, 0.3) is 11.4 Å². The van der Waals surface area contributed by atoms with E-state index in [0.29, 0.717) is 22.0 Å². The average Bonchev–Trinajstić information content (AvgIpc) is 3.44. The molecule has 2 aromatic carbocycles. The predicted octanol–water partition coefficient (Wildman–Crippen LogP) is 3.33. The molecule has 2 aliphatic rings. The second kappa shape index (κ2) is 7.24. The summed E-state index contributed by atoms with van der Waals surface area (Å²) in [4.78, 5) is 31.0. The minimum atomic E-state index is -1.00. The zero-order chi connectivity index (χ0) is 21.7. The van der Waals surface area contributed by atoms with Gasteiger partial charge in [0.05, 0.1) is 5.69 Å². The topological polar surface area (TPSA) is 104 Å². The van der Waals surface area contributed by atoms with Crippen LogP contribution in [0.15, 0.2) is 57.3 Å². The van der Waals surface area contributed by atoms with Crippen molar-refractivity contribution < 1.29 is 18.5 Å². The largest absolute Gasteiger partial charge is 0.337 e. The van der Waals surface area contributed by atoms with Crippen LogP contribution in [0.1, 0.15) is 11.5 Å². The lowest BCUT2D eigenvalue weighted by Gasteiger charge is -2.19. The molecule has 9 nitrogen and oxygen atoms in total. The highest BCUT2D eigenvalue weighted by atomic mass is 35.5. The van der Waals surface area contributed by atoms with Gasteiger partial charge in [-0.2, -0.15) is 10.1 Å². The second-order valence-corrected chi connectivity index (χ2v) is 7.59. The van der Waals surface area contributed by atoms with Crippen LogP contribution in [0.4, 0.5) is 10.1 Å². The smallest absolute Gasteiger partial charge is 0.263 e. The van der Waals surface area contributed by atoms with E-state index in [1.165, 1.54) is 17.1 Å². The van der Waals surface area contributed by atoms with E-state index in [1.54, 1.807) is 31.2 Å². The summed E-state index contributed by atoms with van der Waals surface area (Å²) >= 11 is 5.89. The number of amides is 2. The maximum Gasteiger partial charge on any atom is 0.263 e. The van der Waals surface area contributed by atoms with Gasteiger partial charge in [-0.15, -0.1) is 0 Å². The molecule has 0 aliphatic carbocycles. The van der Waals surface area contributed by atoms with E-state index in [9.17, 15) is 14.0 Å². The maximum atomic E-state index is 14.0. The molecular weight excluding hydrogens is 427 g/mol. The third kappa shape index (κ3) is 3.25. The van der Waals surface area contributed by atoms with E-state index in [4.69, 9.17) is 16.1 Å². The van der Waals surface area contributed by atoms with Crippen molar-refractivity contribution in [3.63, 3.8) is 0 Å². The molecule has 0 unspecified atom stereocenters. The van der Waals surface area contributed by atoms with Crippen molar-refractivity contribution >= 4 is 29.1 Å². The Morgan fingerprint density at radius 2 is 1.90 bits per heavy atom. The molecule has 0 radical (unpaired) electrons. The lowest BCUT2D eigenvalue weighted by Crippen LogP contribution is -2.39. The van der Waals surface area contributed by atoms with Gasteiger partial charge < -0.3 is 4.52 Å². The van der Waals surface area contributed by atoms with Crippen LogP contribution in [0.2, 0.25) is 5.02 Å². The van der Waals surface area contributed by atoms with Crippen LogP contribution in [0.3, 0.4) is 0 Å². The standard InChI is InChI=1S/C20H14ClFN6O3/c1-10-2-7-13(8-14(10)22)28-19(29)16-17(20(28)30)27(26-24-16)9-15-23-18(25-31-15)11-3-5-12(21)6-4-11/h2-8,16-17H,9H2,1H3/t16-,17+/m0/s1. The molecular formula is C20H14ClFN6O3. The first kappa shape index (κ1) is 19.3. The molecule has 0 saturated carbocycles. The van der Waals surface area contributed by atoms with Gasteiger partial charge in [0, 0.05) is 10.6 Å². The van der Waals surface area contributed by atoms with Gasteiger partial charge >= 0.3 is 0 Å². The van der Waals surface area contributed by atoms with E-state index >= 15 is 0 Å². The average molecular weight is 441 g/mol. The summed E-state index contributed by atoms with van der Waals surface area (Å²) in [5, 5.41) is 13.7. The highest BCUT2D eigenvalue weighted by Crippen LogP contribution is 2.33. The summed E-state index contributed by atoms with van der Waals surface area (Å²) in [5.41, 5.74) is 1.28. The Hall–Kier alpha value is -3.66. The van der Waals surface area contributed by atoms with Crippen LogP contribution < -0.4 is 4.90 Å². The monoisotopic (exact) mass is 440 g/mol. The maximum absolute atomic E-state index is 14.0. The summed E-state index contributed by atoms with van der Waals surface area (Å²) in [6.07, 6.45) is 0. The fraction of sp³-hybridized carbons (Fsp3) is 0.200. The van der Waals surface area contributed by atoms with Gasteiger partial charge in [-0.05, 0) is 48.9 Å². The Kier molecular flexibility index (Phi) is 4.51. The van der Waals surface area contributed by atoms with E-state index < -0.39 is 29.7 Å². The lowest BCUT2D eigenvalue weighted by atomic mass is 10.1. The molecule has 31 heavy (non-hydrogen) atoms. The number of aryl methyl sites for hydroxylation is 1. The first-order valence-electron chi connectivity index (χ1n) is 9.32. The molecule has 2 aliphatic heterocycles. The van der Waals surface area contributed by atoms with Crippen molar-refractivity contribution in [1.29, 1.82) is 0 Å². The molecule has 0 bridgehead atoms. The normalized spacial score (nSPS) is 20.1. The first-order valence-corrected chi connectivity index (χ1v) is 9.70. The van der Waals surface area contributed by atoms with Crippen molar-refractivity contribution in [3.8, 4) is 11.4 Å². The Labute approximate surface area is 180 Å². The number of carbonyl (C=O) groups is 2. The number of benzene rings is 2. The number of carbonyl (C=O) groups excluding carboxylic acids is 2. The van der Waals surface area contributed by atoms with Crippen LogP contribution in [0, 0.1) is 12.7 Å². The summed E-state index contributed by atoms with van der Waals surface area (Å²) in [7, 11) is 0. The number of hydrogen-bond donors (Lipinski definition) is 0. The molecule has 2 atom stereocenters. The summed E-state index contributed by atoms with van der Waals surface area (Å²) in [5.74, 6) is -1.05. The molecule has 1 fully saturated rings. The number of rotatable bonds is 4. The van der Waals surface area contributed by atoms with E-state index in [-0.39, 0.29) is 18.1 Å². The molecule has 2 amide bonds. The van der Waals surface area contributed by atoms with Crippen molar-refractivity contribution in [2.75, 3.05) is 4.90 Å². The van der Waals surface area contributed by atoms with Crippen molar-refractivity contribution in [2.45, 2.75) is 25.6 Å². The fourth-order valence-corrected chi connectivity index (χ4v) is 3.63. The van der Waals surface area contributed by atoms with E-state index in [0.717, 1.165) is 11.0 Å². The second-order valence-electron chi connectivity index (χ2n) is 7.16. The highest BCUT2D eigenvalue weighted by Gasteiger charge is 2.55. The molecule has 3 heterocycles. The van der Waals surface area contributed by atoms with Gasteiger partial charge in [0.25, 0.3) is 11.8 Å². The van der Waals surface area contributed by atoms with E-state index in [2.05, 4.69) is 20.5 Å². The number of halogens is 2. The molecule has 0 spiro atoms. The number of fused-ring (bicyclic) bond motifs is 1. The minimum absolute atomic E-state index is 0.0135. The number of imide groups is 1. The molecule has 1 saturated heterocycles. The molecule has 5 rings (SSSR count). The Balaban J connectivity index is 1.36. The van der Waals surface area contributed by atoms with Crippen molar-refractivity contribution in [3.05, 3.63) is 64.8 Å². The van der Waals surface area contributed by atoms with Gasteiger partial charge in [-0.3, -0.25) is 14.6 Å². The quantitative estimate of drug-likeness (QED) is 0.576. The lowest BCUT2D eigenvalue weighted by molar-refractivity contribution is -0.123. The van der Waals surface area contributed by atoms with Crippen molar-refractivity contribution in [2.24, 2.45) is 10.3 Å². The van der Waals surface area contributed by atoms with Crippen molar-refractivity contribution in [1.82, 2.24) is 15.1 Å². The fourth-order valence-electron chi connectivity index (χ4n) is 3.50. The summed E-state index contributed by atoms with van der Waals surface area (Å²) < 4.78 is 19.2. The molecule has 11 heteroatoms. The van der Waals surface area contributed by atoms with Gasteiger partial charge in [0.15, 0.2) is 12.1 Å². The van der Waals surface area contributed by atoms with Crippen LogP contribution >= 0.6 is 11.6 Å². The zero-order valence-electron chi connectivity index (χ0n) is 16.1. The Bertz CT molecular complexity index is 1230. The molecule has 0 N–H and O–H groups in total. The van der Waals surface area contributed by atoms with Crippen LogP contribution in [-0.2, 0) is 16.1 Å². The third-order valence-electron chi connectivity index (χ3n) is 5.14. The Morgan fingerprint density at radius 3 is 2.65 bits per heavy atom. The summed E-state index contributed by atoms with van der Waals surface area (Å²) in [6.45, 7) is 1.58. The number of nitrogens with zero attached hydrogens (tertiary/aromatic N) is 6. The molecule has 1 aromatic heterocycles. The van der Waals surface area contributed by atoms with Gasteiger partial charge in [0.2, 0.25) is 11.7 Å². The van der Waals surface area contributed by atoms with Gasteiger partial charge in [-0.1, -0.05) is 28.0 Å². The third-order valence-corrected chi connectivity index (χ3v) is 5.39. The van der Waals surface area contributed by atoms with Crippen LogP contribution in [0.5, 0.6) is 0 Å². The first-order chi connectivity index (χ1) is 14.9. The number of aromatic nitrogens is 2. The number of hydrogen-bond acceptors (Lipinski definition) is 8. The SMILES string of the molecule is Cc1ccc(N2C(=O)[C@H]3N=NN(Cc4nc(-c5ccc(Cl)cc5)no4)[C@H]3C2=O)cc1F. The zero-order valence-corrected chi connectivity index (χ0v) is 16.8. The van der Waals surface area contributed by atoms with E-state index in [1.807, 2.05) is 0 Å². The number of anilines is 1. The Morgan fingerprint density at radius 1 is 1.13 bits per heavy atom. The summed E-state index contributed by atoms with van der Waals surface area (Å²) in [6, 6.07) is 9.14. The molecule has 156 valence electrons. The highest BCUT2D eigenvalue weighted by molar-refractivity contribution is 6.30. The minimum Gasteiger partial charge on any atom is -0.337 e. The molecule has 3 aromatic rings.